The Balaban J connectivity index is 2.35. The van der Waals surface area contributed by atoms with Gasteiger partial charge in [-0.25, -0.2) is 4.68 Å². The van der Waals surface area contributed by atoms with Gasteiger partial charge in [-0.05, 0) is 56.4 Å². The van der Waals surface area contributed by atoms with E-state index in [0.29, 0.717) is 23.0 Å². The van der Waals surface area contributed by atoms with Gasteiger partial charge in [0.05, 0.1) is 19.9 Å². The van der Waals surface area contributed by atoms with Crippen LogP contribution in [0.4, 0.5) is 0 Å². The third kappa shape index (κ3) is 3.61. The molecule has 1 heterocycles. The number of rotatable bonds is 6. The van der Waals surface area contributed by atoms with Crippen LogP contribution in [-0.2, 0) is 6.42 Å². The van der Waals surface area contributed by atoms with E-state index in [0.717, 1.165) is 29.8 Å². The monoisotopic (exact) mass is 330 g/mol. The summed E-state index contributed by atoms with van der Waals surface area (Å²) in [5.41, 5.74) is 3.51. The molecular formula is C19H26N2O3. The van der Waals surface area contributed by atoms with E-state index in [1.54, 1.807) is 32.4 Å². The molecule has 0 aliphatic rings. The van der Waals surface area contributed by atoms with Crippen molar-refractivity contribution in [1.82, 2.24) is 9.78 Å². The molecule has 5 heteroatoms. The van der Waals surface area contributed by atoms with Crippen molar-refractivity contribution >= 4 is 5.91 Å². The number of carbonyl (C=O) groups excluding carboxylic acids is 1. The molecule has 0 unspecified atom stereocenters. The van der Waals surface area contributed by atoms with Crippen LogP contribution in [0.15, 0.2) is 18.2 Å². The maximum Gasteiger partial charge on any atom is 0.278 e. The first-order chi connectivity index (χ1) is 11.4. The Labute approximate surface area is 143 Å². The van der Waals surface area contributed by atoms with E-state index in [9.17, 15) is 4.79 Å². The minimum absolute atomic E-state index is 0.160. The molecule has 0 saturated carbocycles. The summed E-state index contributed by atoms with van der Waals surface area (Å²) in [5.74, 6) is 1.59. The quantitative estimate of drug-likeness (QED) is 0.808. The molecule has 0 saturated heterocycles. The second-order valence-electron chi connectivity index (χ2n) is 6.37. The van der Waals surface area contributed by atoms with Gasteiger partial charge in [-0.15, -0.1) is 0 Å². The lowest BCUT2D eigenvalue weighted by molar-refractivity contribution is 0.0942. The van der Waals surface area contributed by atoms with E-state index in [-0.39, 0.29) is 5.91 Å². The molecule has 1 aromatic heterocycles. The highest BCUT2D eigenvalue weighted by Crippen LogP contribution is 2.28. The lowest BCUT2D eigenvalue weighted by atomic mass is 10.0. The maximum atomic E-state index is 12.8. The first kappa shape index (κ1) is 18.0. The number of ether oxygens (including phenoxy) is 2. The third-order valence-corrected chi connectivity index (χ3v) is 4.24. The third-order valence-electron chi connectivity index (χ3n) is 4.24. The van der Waals surface area contributed by atoms with Gasteiger partial charge in [-0.1, -0.05) is 13.8 Å². The van der Waals surface area contributed by atoms with E-state index >= 15 is 0 Å². The van der Waals surface area contributed by atoms with Crippen LogP contribution < -0.4 is 9.47 Å². The standard InChI is InChI=1S/C19H26N2O3/c1-12(2)7-9-16-13(3)20-21(14(16)4)19(22)15-8-10-17(23-5)18(11-15)24-6/h8,10-12H,7,9H2,1-6H3. The lowest BCUT2D eigenvalue weighted by Gasteiger charge is -2.10. The number of aromatic nitrogens is 2. The van der Waals surface area contributed by atoms with Gasteiger partial charge in [-0.3, -0.25) is 4.79 Å². The van der Waals surface area contributed by atoms with Crippen molar-refractivity contribution < 1.29 is 14.3 Å². The zero-order chi connectivity index (χ0) is 17.9. The summed E-state index contributed by atoms with van der Waals surface area (Å²) < 4.78 is 12.0. The van der Waals surface area contributed by atoms with Gasteiger partial charge in [0.25, 0.3) is 5.91 Å². The first-order valence-electron chi connectivity index (χ1n) is 8.20. The fourth-order valence-corrected chi connectivity index (χ4v) is 2.76. The lowest BCUT2D eigenvalue weighted by Crippen LogP contribution is -2.15. The van der Waals surface area contributed by atoms with Crippen LogP contribution >= 0.6 is 0 Å². The fraction of sp³-hybridized carbons (Fsp3) is 0.474. The van der Waals surface area contributed by atoms with Crippen LogP contribution in [0.2, 0.25) is 0 Å². The Kier molecular flexibility index (Phi) is 5.65. The largest absolute Gasteiger partial charge is 0.493 e. The van der Waals surface area contributed by atoms with Crippen LogP contribution in [-0.4, -0.2) is 29.9 Å². The van der Waals surface area contributed by atoms with E-state index in [4.69, 9.17) is 9.47 Å². The van der Waals surface area contributed by atoms with Crippen molar-refractivity contribution in [2.75, 3.05) is 14.2 Å². The number of hydrogen-bond donors (Lipinski definition) is 0. The molecule has 0 amide bonds. The van der Waals surface area contributed by atoms with Crippen molar-refractivity contribution in [3.8, 4) is 11.5 Å². The van der Waals surface area contributed by atoms with Crippen LogP contribution in [0, 0.1) is 19.8 Å². The summed E-state index contributed by atoms with van der Waals surface area (Å²) in [7, 11) is 3.13. The molecule has 0 atom stereocenters. The zero-order valence-corrected chi connectivity index (χ0v) is 15.3. The van der Waals surface area contributed by atoms with Gasteiger partial charge in [-0.2, -0.15) is 5.10 Å². The topological polar surface area (TPSA) is 53.4 Å². The fourth-order valence-electron chi connectivity index (χ4n) is 2.76. The minimum Gasteiger partial charge on any atom is -0.493 e. The van der Waals surface area contributed by atoms with Gasteiger partial charge >= 0.3 is 0 Å². The van der Waals surface area contributed by atoms with Gasteiger partial charge in [0.2, 0.25) is 0 Å². The van der Waals surface area contributed by atoms with Crippen molar-refractivity contribution in [1.29, 1.82) is 0 Å². The van der Waals surface area contributed by atoms with E-state index < -0.39 is 0 Å². The molecule has 0 fully saturated rings. The number of hydrogen-bond acceptors (Lipinski definition) is 4. The maximum absolute atomic E-state index is 12.8. The van der Waals surface area contributed by atoms with Gasteiger partial charge in [0.1, 0.15) is 0 Å². The summed E-state index contributed by atoms with van der Waals surface area (Å²) in [6.07, 6.45) is 2.02. The molecule has 0 N–H and O–H groups in total. The smallest absolute Gasteiger partial charge is 0.278 e. The van der Waals surface area contributed by atoms with Gasteiger partial charge < -0.3 is 9.47 Å². The minimum atomic E-state index is -0.160. The predicted molar refractivity (Wildman–Crippen MR) is 94.1 cm³/mol. The second-order valence-corrected chi connectivity index (χ2v) is 6.37. The highest BCUT2D eigenvalue weighted by atomic mass is 16.5. The van der Waals surface area contributed by atoms with Crippen LogP contribution in [0.3, 0.4) is 0 Å². The van der Waals surface area contributed by atoms with Crippen molar-refractivity contribution in [2.45, 2.75) is 40.5 Å². The highest BCUT2D eigenvalue weighted by molar-refractivity contribution is 5.96. The normalized spacial score (nSPS) is 11.0. The van der Waals surface area contributed by atoms with Crippen LogP contribution in [0.5, 0.6) is 11.5 Å². The van der Waals surface area contributed by atoms with Crippen molar-refractivity contribution in [2.24, 2.45) is 5.92 Å². The van der Waals surface area contributed by atoms with E-state index in [2.05, 4.69) is 18.9 Å². The number of aryl methyl sites for hydroxylation is 1. The molecule has 0 radical (unpaired) electrons. The van der Waals surface area contributed by atoms with E-state index in [1.807, 2.05) is 13.8 Å². The Morgan fingerprint density at radius 2 is 1.83 bits per heavy atom. The molecule has 130 valence electrons. The molecule has 0 aliphatic heterocycles. The molecule has 1 aromatic carbocycles. The van der Waals surface area contributed by atoms with Crippen LogP contribution in [0.25, 0.3) is 0 Å². The Bertz CT molecular complexity index is 732. The average Bonchev–Trinajstić information content (AvgIpc) is 2.85. The van der Waals surface area contributed by atoms with Gasteiger partial charge in [0.15, 0.2) is 11.5 Å². The molecule has 0 spiro atoms. The summed E-state index contributed by atoms with van der Waals surface area (Å²) in [5, 5.41) is 4.46. The Hall–Kier alpha value is -2.30. The Morgan fingerprint density at radius 1 is 1.17 bits per heavy atom. The second kappa shape index (κ2) is 7.51. The summed E-state index contributed by atoms with van der Waals surface area (Å²) >= 11 is 0. The molecule has 5 nitrogen and oxygen atoms in total. The molecule has 0 bridgehead atoms. The summed E-state index contributed by atoms with van der Waals surface area (Å²) in [6.45, 7) is 8.31. The summed E-state index contributed by atoms with van der Waals surface area (Å²) in [6, 6.07) is 5.15. The predicted octanol–water partition coefficient (Wildman–Crippen LogP) is 3.79. The van der Waals surface area contributed by atoms with Crippen molar-refractivity contribution in [3.05, 3.63) is 40.7 Å². The number of nitrogens with zero attached hydrogens (tertiary/aromatic N) is 2. The Morgan fingerprint density at radius 3 is 2.42 bits per heavy atom. The molecule has 24 heavy (non-hydrogen) atoms. The number of benzene rings is 1. The summed E-state index contributed by atoms with van der Waals surface area (Å²) in [4.78, 5) is 12.8. The molecule has 2 aromatic rings. The highest BCUT2D eigenvalue weighted by Gasteiger charge is 2.19. The molecule has 0 aliphatic carbocycles. The number of methoxy groups -OCH3 is 2. The SMILES string of the molecule is COc1ccc(C(=O)n2nc(C)c(CCC(C)C)c2C)cc1OC. The average molecular weight is 330 g/mol. The van der Waals surface area contributed by atoms with Crippen LogP contribution in [0.1, 0.15) is 47.6 Å². The molecular weight excluding hydrogens is 304 g/mol. The van der Waals surface area contributed by atoms with Crippen molar-refractivity contribution in [3.63, 3.8) is 0 Å². The molecule has 2 rings (SSSR count). The van der Waals surface area contributed by atoms with Gasteiger partial charge in [0, 0.05) is 11.3 Å². The zero-order valence-electron chi connectivity index (χ0n) is 15.3. The first-order valence-corrected chi connectivity index (χ1v) is 8.20. The number of carbonyl (C=O) groups is 1. The van der Waals surface area contributed by atoms with E-state index in [1.165, 1.54) is 4.68 Å².